The number of hydrogen-bond donors (Lipinski definition) is 3. The van der Waals surface area contributed by atoms with Gasteiger partial charge < -0.3 is 26.0 Å². The Bertz CT molecular complexity index is 479. The second kappa shape index (κ2) is 8.93. The molecule has 7 nitrogen and oxygen atoms in total. The van der Waals surface area contributed by atoms with Crippen molar-refractivity contribution in [2.75, 3.05) is 39.2 Å². The molecule has 4 N–H and O–H groups in total. The molecular formula is C14H22N4O3. The molecule has 0 fully saturated rings. The topological polar surface area (TPSA) is 96.7 Å². The maximum absolute atomic E-state index is 12.0. The third kappa shape index (κ3) is 6.24. The van der Waals surface area contributed by atoms with Gasteiger partial charge in [-0.2, -0.15) is 0 Å². The average Bonchev–Trinajstić information content (AvgIpc) is 2.47. The summed E-state index contributed by atoms with van der Waals surface area (Å²) in [6.07, 6.45) is 0. The van der Waals surface area contributed by atoms with Gasteiger partial charge in [0, 0.05) is 32.9 Å². The second-order valence-corrected chi connectivity index (χ2v) is 4.53. The zero-order valence-electron chi connectivity index (χ0n) is 12.4. The van der Waals surface area contributed by atoms with E-state index >= 15 is 0 Å². The van der Waals surface area contributed by atoms with Gasteiger partial charge in [0.05, 0.1) is 6.61 Å². The summed E-state index contributed by atoms with van der Waals surface area (Å²) in [6.45, 7) is 1.24. The van der Waals surface area contributed by atoms with Crippen LogP contribution in [0.15, 0.2) is 24.3 Å². The van der Waals surface area contributed by atoms with Crippen molar-refractivity contribution >= 4 is 17.6 Å². The number of nitrogens with two attached hydrogens (primary N) is 1. The molecule has 0 heterocycles. The summed E-state index contributed by atoms with van der Waals surface area (Å²) in [4.78, 5) is 24.8. The molecule has 0 saturated carbocycles. The lowest BCUT2D eigenvalue weighted by Crippen LogP contribution is -2.41. The number of anilines is 1. The average molecular weight is 294 g/mol. The Hall–Kier alpha value is -2.12. The first-order chi connectivity index (χ1) is 10.1. The molecule has 0 radical (unpaired) electrons. The SMILES string of the molecule is COCCNC(=O)CN(C)C(=O)Nc1cccc(CN)c1. The van der Waals surface area contributed by atoms with Crippen LogP contribution in [-0.4, -0.2) is 50.7 Å². The molecule has 3 amide bonds. The lowest BCUT2D eigenvalue weighted by molar-refractivity contribution is -0.121. The molecule has 0 aliphatic rings. The molecule has 0 aromatic heterocycles. The largest absolute Gasteiger partial charge is 0.383 e. The van der Waals surface area contributed by atoms with Crippen LogP contribution in [0.2, 0.25) is 0 Å². The van der Waals surface area contributed by atoms with Crippen LogP contribution in [0.1, 0.15) is 5.56 Å². The molecule has 1 aromatic rings. The first-order valence-corrected chi connectivity index (χ1v) is 6.63. The quantitative estimate of drug-likeness (QED) is 0.633. The van der Waals surface area contributed by atoms with E-state index in [4.69, 9.17) is 10.5 Å². The Balaban J connectivity index is 2.44. The summed E-state index contributed by atoms with van der Waals surface area (Å²) in [5.41, 5.74) is 7.12. The van der Waals surface area contributed by atoms with E-state index in [0.29, 0.717) is 25.4 Å². The fourth-order valence-electron chi connectivity index (χ4n) is 1.63. The predicted octanol–water partition coefficient (Wildman–Crippen LogP) is 0.372. The first kappa shape index (κ1) is 16.9. The maximum Gasteiger partial charge on any atom is 0.322 e. The summed E-state index contributed by atoms with van der Waals surface area (Å²) < 4.78 is 4.83. The number of nitrogens with one attached hydrogen (secondary N) is 2. The molecule has 21 heavy (non-hydrogen) atoms. The Kier molecular flexibility index (Phi) is 7.20. The van der Waals surface area contributed by atoms with Crippen LogP contribution < -0.4 is 16.4 Å². The number of nitrogens with zero attached hydrogens (tertiary/aromatic N) is 1. The van der Waals surface area contributed by atoms with Crippen molar-refractivity contribution in [3.63, 3.8) is 0 Å². The van der Waals surface area contributed by atoms with Crippen molar-refractivity contribution in [2.45, 2.75) is 6.54 Å². The monoisotopic (exact) mass is 294 g/mol. The third-order valence-corrected chi connectivity index (χ3v) is 2.77. The number of amides is 3. The Morgan fingerprint density at radius 1 is 1.38 bits per heavy atom. The molecule has 0 unspecified atom stereocenters. The highest BCUT2D eigenvalue weighted by atomic mass is 16.5. The number of ether oxygens (including phenoxy) is 1. The van der Waals surface area contributed by atoms with Crippen LogP contribution in [0.5, 0.6) is 0 Å². The van der Waals surface area contributed by atoms with E-state index in [1.54, 1.807) is 26.3 Å². The number of methoxy groups -OCH3 is 1. The zero-order chi connectivity index (χ0) is 15.7. The minimum absolute atomic E-state index is 0.0217. The number of carbonyl (C=O) groups is 2. The minimum Gasteiger partial charge on any atom is -0.383 e. The van der Waals surface area contributed by atoms with Crippen LogP contribution in [-0.2, 0) is 16.1 Å². The van der Waals surface area contributed by atoms with E-state index in [9.17, 15) is 9.59 Å². The molecule has 0 aliphatic carbocycles. The van der Waals surface area contributed by atoms with Crippen LogP contribution >= 0.6 is 0 Å². The first-order valence-electron chi connectivity index (χ1n) is 6.63. The van der Waals surface area contributed by atoms with Gasteiger partial charge in [-0.3, -0.25) is 4.79 Å². The lowest BCUT2D eigenvalue weighted by atomic mass is 10.2. The summed E-state index contributed by atoms with van der Waals surface area (Å²) in [7, 11) is 3.11. The molecule has 0 saturated heterocycles. The van der Waals surface area contributed by atoms with E-state index < -0.39 is 0 Å². The highest BCUT2D eigenvalue weighted by Gasteiger charge is 2.12. The van der Waals surface area contributed by atoms with Gasteiger partial charge in [-0.25, -0.2) is 4.79 Å². The van der Waals surface area contributed by atoms with Crippen molar-refractivity contribution in [2.24, 2.45) is 5.73 Å². The molecule has 0 bridgehead atoms. The fourth-order valence-corrected chi connectivity index (χ4v) is 1.63. The second-order valence-electron chi connectivity index (χ2n) is 4.53. The van der Waals surface area contributed by atoms with Crippen LogP contribution in [0.4, 0.5) is 10.5 Å². The maximum atomic E-state index is 12.0. The van der Waals surface area contributed by atoms with Crippen molar-refractivity contribution in [1.29, 1.82) is 0 Å². The minimum atomic E-state index is -0.355. The Morgan fingerprint density at radius 3 is 2.81 bits per heavy atom. The highest BCUT2D eigenvalue weighted by Crippen LogP contribution is 2.10. The van der Waals surface area contributed by atoms with E-state index in [1.807, 2.05) is 12.1 Å². The Morgan fingerprint density at radius 2 is 2.14 bits per heavy atom. The molecule has 0 aliphatic heterocycles. The van der Waals surface area contributed by atoms with Gasteiger partial charge >= 0.3 is 6.03 Å². The number of benzene rings is 1. The number of carbonyl (C=O) groups excluding carboxylic acids is 2. The lowest BCUT2D eigenvalue weighted by Gasteiger charge is -2.17. The van der Waals surface area contributed by atoms with Crippen molar-refractivity contribution < 1.29 is 14.3 Å². The summed E-state index contributed by atoms with van der Waals surface area (Å²) >= 11 is 0. The Labute approximate surface area is 124 Å². The molecule has 116 valence electrons. The summed E-state index contributed by atoms with van der Waals surface area (Å²) in [6, 6.07) is 6.90. The van der Waals surface area contributed by atoms with Gasteiger partial charge in [0.1, 0.15) is 6.54 Å². The van der Waals surface area contributed by atoms with Gasteiger partial charge in [-0.1, -0.05) is 12.1 Å². The van der Waals surface area contributed by atoms with Crippen molar-refractivity contribution in [3.8, 4) is 0 Å². The van der Waals surface area contributed by atoms with E-state index in [2.05, 4.69) is 10.6 Å². The van der Waals surface area contributed by atoms with Crippen LogP contribution in [0, 0.1) is 0 Å². The molecule has 0 spiro atoms. The molecule has 7 heteroatoms. The van der Waals surface area contributed by atoms with E-state index in [0.717, 1.165) is 5.56 Å². The highest BCUT2D eigenvalue weighted by molar-refractivity contribution is 5.92. The van der Waals surface area contributed by atoms with Crippen molar-refractivity contribution in [1.82, 2.24) is 10.2 Å². The third-order valence-electron chi connectivity index (χ3n) is 2.77. The molecule has 1 rings (SSSR count). The van der Waals surface area contributed by atoms with Gasteiger partial charge in [-0.15, -0.1) is 0 Å². The number of urea groups is 1. The van der Waals surface area contributed by atoms with Gasteiger partial charge in [-0.05, 0) is 17.7 Å². The fraction of sp³-hybridized carbons (Fsp3) is 0.429. The van der Waals surface area contributed by atoms with Gasteiger partial charge in [0.25, 0.3) is 0 Å². The zero-order valence-corrected chi connectivity index (χ0v) is 12.4. The van der Waals surface area contributed by atoms with E-state index in [-0.39, 0.29) is 18.5 Å². The van der Waals surface area contributed by atoms with Crippen molar-refractivity contribution in [3.05, 3.63) is 29.8 Å². The summed E-state index contributed by atoms with van der Waals surface area (Å²) in [5.74, 6) is -0.236. The van der Waals surface area contributed by atoms with Crippen LogP contribution in [0.3, 0.4) is 0 Å². The number of hydrogen-bond acceptors (Lipinski definition) is 4. The molecule has 0 atom stereocenters. The summed E-state index contributed by atoms with van der Waals surface area (Å²) in [5, 5.41) is 5.37. The molecule has 1 aromatic carbocycles. The van der Waals surface area contributed by atoms with Crippen LogP contribution in [0.25, 0.3) is 0 Å². The van der Waals surface area contributed by atoms with Gasteiger partial charge in [0.15, 0.2) is 0 Å². The number of likely N-dealkylation sites (N-methyl/N-ethyl adjacent to an activating group) is 1. The normalized spacial score (nSPS) is 10.0. The molecular weight excluding hydrogens is 272 g/mol. The smallest absolute Gasteiger partial charge is 0.322 e. The van der Waals surface area contributed by atoms with E-state index in [1.165, 1.54) is 4.90 Å². The number of rotatable bonds is 7. The predicted molar refractivity (Wildman–Crippen MR) is 80.9 cm³/mol. The van der Waals surface area contributed by atoms with Gasteiger partial charge in [0.2, 0.25) is 5.91 Å². The standard InChI is InChI=1S/C14H22N4O3/c1-18(10-13(19)16-6-7-21-2)14(20)17-12-5-3-4-11(8-12)9-15/h3-5,8H,6-7,9-10,15H2,1-2H3,(H,16,19)(H,17,20).